The Balaban J connectivity index is 1.62. The van der Waals surface area contributed by atoms with E-state index in [1.807, 2.05) is 32.0 Å². The SMILES string of the molecule is CCc1oc(-c2ccc(C(F)(F)F)cc2)cc1CCCOc1cc(C)cc(CC(=O)O)c1. The van der Waals surface area contributed by atoms with Gasteiger partial charge < -0.3 is 14.3 Å². The third kappa shape index (κ3) is 6.15. The number of carboxylic acids is 1. The summed E-state index contributed by atoms with van der Waals surface area (Å²) in [5, 5.41) is 8.97. The van der Waals surface area contributed by atoms with Gasteiger partial charge in [-0.3, -0.25) is 4.79 Å². The van der Waals surface area contributed by atoms with Crippen LogP contribution in [-0.4, -0.2) is 17.7 Å². The largest absolute Gasteiger partial charge is 0.494 e. The molecule has 1 heterocycles. The number of aliphatic carboxylic acids is 1. The molecule has 170 valence electrons. The van der Waals surface area contributed by atoms with Gasteiger partial charge in [0.15, 0.2) is 0 Å². The molecule has 0 unspecified atom stereocenters. The van der Waals surface area contributed by atoms with Crippen LogP contribution in [0.1, 0.15) is 41.4 Å². The molecule has 0 amide bonds. The number of benzene rings is 2. The highest BCUT2D eigenvalue weighted by Crippen LogP contribution is 2.32. The summed E-state index contributed by atoms with van der Waals surface area (Å²) < 4.78 is 50.0. The van der Waals surface area contributed by atoms with Crippen LogP contribution >= 0.6 is 0 Å². The lowest BCUT2D eigenvalue weighted by molar-refractivity contribution is -0.138. The second-order valence-corrected chi connectivity index (χ2v) is 7.66. The molecule has 0 aliphatic heterocycles. The highest BCUT2D eigenvalue weighted by molar-refractivity contribution is 5.70. The summed E-state index contributed by atoms with van der Waals surface area (Å²) in [7, 11) is 0. The lowest BCUT2D eigenvalue weighted by Crippen LogP contribution is -2.03. The molecule has 0 aliphatic rings. The Bertz CT molecular complexity index is 1070. The average Bonchev–Trinajstić information content (AvgIpc) is 3.13. The van der Waals surface area contributed by atoms with E-state index in [0.29, 0.717) is 48.5 Å². The van der Waals surface area contributed by atoms with E-state index < -0.39 is 17.7 Å². The van der Waals surface area contributed by atoms with E-state index in [1.54, 1.807) is 6.07 Å². The number of hydrogen-bond acceptors (Lipinski definition) is 3. The standard InChI is InChI=1S/C25H25F3O4/c1-3-22-19(15-23(32-22)18-6-8-20(9-7-18)25(26,27)28)5-4-10-31-21-12-16(2)11-17(13-21)14-24(29)30/h6-9,11-13,15H,3-5,10,14H2,1-2H3,(H,29,30). The van der Waals surface area contributed by atoms with Crippen molar-refractivity contribution in [1.82, 2.24) is 0 Å². The Kier molecular flexibility index (Phi) is 7.28. The second kappa shape index (κ2) is 9.94. The van der Waals surface area contributed by atoms with Crippen LogP contribution in [0, 0.1) is 6.92 Å². The Morgan fingerprint density at radius 2 is 1.81 bits per heavy atom. The number of carbonyl (C=O) groups is 1. The minimum absolute atomic E-state index is 0.0559. The van der Waals surface area contributed by atoms with E-state index in [2.05, 4.69) is 0 Å². The van der Waals surface area contributed by atoms with Crippen molar-refractivity contribution in [3.05, 3.63) is 76.5 Å². The Labute approximate surface area is 184 Å². The van der Waals surface area contributed by atoms with Crippen molar-refractivity contribution in [2.24, 2.45) is 0 Å². The van der Waals surface area contributed by atoms with E-state index >= 15 is 0 Å². The predicted octanol–water partition coefficient (Wildman–Crippen LogP) is 6.47. The molecule has 32 heavy (non-hydrogen) atoms. The van der Waals surface area contributed by atoms with Crippen LogP contribution in [0.5, 0.6) is 5.75 Å². The molecule has 3 aromatic rings. The number of ether oxygens (including phenoxy) is 1. The Hall–Kier alpha value is -3.22. The first kappa shape index (κ1) is 23.4. The van der Waals surface area contributed by atoms with Gasteiger partial charge in [0.05, 0.1) is 18.6 Å². The maximum Gasteiger partial charge on any atom is 0.416 e. The zero-order chi connectivity index (χ0) is 23.3. The van der Waals surface area contributed by atoms with Gasteiger partial charge in [0.2, 0.25) is 0 Å². The zero-order valence-electron chi connectivity index (χ0n) is 18.0. The van der Waals surface area contributed by atoms with Gasteiger partial charge in [0.25, 0.3) is 0 Å². The molecule has 7 heteroatoms. The zero-order valence-corrected chi connectivity index (χ0v) is 18.0. The number of furan rings is 1. The summed E-state index contributed by atoms with van der Waals surface area (Å²) in [6, 6.07) is 12.2. The number of rotatable bonds is 9. The third-order valence-corrected chi connectivity index (χ3v) is 5.04. The molecule has 1 aromatic heterocycles. The molecule has 0 radical (unpaired) electrons. The van der Waals surface area contributed by atoms with E-state index in [0.717, 1.165) is 29.0 Å². The van der Waals surface area contributed by atoms with Crippen molar-refractivity contribution in [2.45, 2.75) is 45.7 Å². The van der Waals surface area contributed by atoms with Gasteiger partial charge in [-0.2, -0.15) is 13.2 Å². The summed E-state index contributed by atoms with van der Waals surface area (Å²) in [5.74, 6) is 1.09. The van der Waals surface area contributed by atoms with Crippen molar-refractivity contribution < 1.29 is 32.2 Å². The van der Waals surface area contributed by atoms with Gasteiger partial charge in [-0.1, -0.05) is 25.1 Å². The highest BCUT2D eigenvalue weighted by Gasteiger charge is 2.30. The molecule has 0 fully saturated rings. The first-order chi connectivity index (χ1) is 15.2. The quantitative estimate of drug-likeness (QED) is 0.383. The van der Waals surface area contributed by atoms with Gasteiger partial charge in [-0.15, -0.1) is 0 Å². The second-order valence-electron chi connectivity index (χ2n) is 7.66. The van der Waals surface area contributed by atoms with Crippen molar-refractivity contribution in [3.8, 4) is 17.1 Å². The van der Waals surface area contributed by atoms with Crippen molar-refractivity contribution in [1.29, 1.82) is 0 Å². The predicted molar refractivity (Wildman–Crippen MR) is 115 cm³/mol. The minimum Gasteiger partial charge on any atom is -0.494 e. The summed E-state index contributed by atoms with van der Waals surface area (Å²) in [5.41, 5.74) is 2.53. The van der Waals surface area contributed by atoms with Crippen LogP contribution in [-0.2, 0) is 30.2 Å². The van der Waals surface area contributed by atoms with Crippen molar-refractivity contribution in [2.75, 3.05) is 6.61 Å². The van der Waals surface area contributed by atoms with Crippen molar-refractivity contribution in [3.63, 3.8) is 0 Å². The van der Waals surface area contributed by atoms with Gasteiger partial charge in [-0.25, -0.2) is 0 Å². The molecule has 1 N–H and O–H groups in total. The number of carboxylic acid groups (broad SMARTS) is 1. The molecule has 0 saturated heterocycles. The first-order valence-electron chi connectivity index (χ1n) is 10.4. The fourth-order valence-corrected chi connectivity index (χ4v) is 3.58. The summed E-state index contributed by atoms with van der Waals surface area (Å²) in [6.07, 6.45) is -2.34. The number of aryl methyl sites for hydroxylation is 3. The van der Waals surface area contributed by atoms with Gasteiger partial charge in [0, 0.05) is 12.0 Å². The van der Waals surface area contributed by atoms with E-state index in [4.69, 9.17) is 14.3 Å². The van der Waals surface area contributed by atoms with Crippen LogP contribution in [0.3, 0.4) is 0 Å². The highest BCUT2D eigenvalue weighted by atomic mass is 19.4. The maximum atomic E-state index is 12.8. The molecule has 0 aliphatic carbocycles. The van der Waals surface area contributed by atoms with Gasteiger partial charge >= 0.3 is 12.1 Å². The number of alkyl halides is 3. The third-order valence-electron chi connectivity index (χ3n) is 5.04. The van der Waals surface area contributed by atoms with Crippen LogP contribution in [0.15, 0.2) is 52.9 Å². The molecule has 3 rings (SSSR count). The summed E-state index contributed by atoms with van der Waals surface area (Å²) in [6.45, 7) is 4.30. The minimum atomic E-state index is -4.37. The van der Waals surface area contributed by atoms with Crippen LogP contribution in [0.2, 0.25) is 0 Å². The van der Waals surface area contributed by atoms with E-state index in [9.17, 15) is 18.0 Å². The topological polar surface area (TPSA) is 59.7 Å². The number of halogens is 3. The molecular formula is C25H25F3O4. The molecule has 0 bridgehead atoms. The summed E-state index contributed by atoms with van der Waals surface area (Å²) in [4.78, 5) is 10.9. The first-order valence-corrected chi connectivity index (χ1v) is 10.4. The Morgan fingerprint density at radius 1 is 1.09 bits per heavy atom. The lowest BCUT2D eigenvalue weighted by Gasteiger charge is -2.09. The Morgan fingerprint density at radius 3 is 2.44 bits per heavy atom. The maximum absolute atomic E-state index is 12.8. The molecule has 0 spiro atoms. The molecular weight excluding hydrogens is 421 g/mol. The molecule has 2 aromatic carbocycles. The van der Waals surface area contributed by atoms with Crippen molar-refractivity contribution >= 4 is 5.97 Å². The summed E-state index contributed by atoms with van der Waals surface area (Å²) >= 11 is 0. The monoisotopic (exact) mass is 446 g/mol. The van der Waals surface area contributed by atoms with Crippen LogP contribution < -0.4 is 4.74 Å². The smallest absolute Gasteiger partial charge is 0.416 e. The lowest BCUT2D eigenvalue weighted by atomic mass is 10.1. The molecule has 4 nitrogen and oxygen atoms in total. The van der Waals surface area contributed by atoms with Gasteiger partial charge in [0.1, 0.15) is 17.3 Å². The molecule has 0 atom stereocenters. The van der Waals surface area contributed by atoms with Gasteiger partial charge in [-0.05, 0) is 66.8 Å². The average molecular weight is 446 g/mol. The fourth-order valence-electron chi connectivity index (χ4n) is 3.58. The normalized spacial score (nSPS) is 11.5. The van der Waals surface area contributed by atoms with Crippen LogP contribution in [0.25, 0.3) is 11.3 Å². The van der Waals surface area contributed by atoms with E-state index in [1.165, 1.54) is 12.1 Å². The van der Waals surface area contributed by atoms with Crippen LogP contribution in [0.4, 0.5) is 13.2 Å². The molecule has 0 saturated carbocycles. The number of hydrogen-bond donors (Lipinski definition) is 1. The fraction of sp³-hybridized carbons (Fsp3) is 0.320. The van der Waals surface area contributed by atoms with E-state index in [-0.39, 0.29) is 6.42 Å².